The van der Waals surface area contributed by atoms with Crippen LogP contribution in [0.1, 0.15) is 12.6 Å². The van der Waals surface area contributed by atoms with Crippen molar-refractivity contribution in [1.29, 1.82) is 0 Å². The fraction of sp³-hybridized carbons (Fsp3) is 0.545. The van der Waals surface area contributed by atoms with Crippen LogP contribution in [0.5, 0.6) is 0 Å². The first-order valence-corrected chi connectivity index (χ1v) is 8.69. The quantitative estimate of drug-likeness (QED) is 0.575. The van der Waals surface area contributed by atoms with E-state index in [9.17, 15) is 5.11 Å². The Morgan fingerprint density at radius 1 is 1.55 bits per heavy atom. The van der Waals surface area contributed by atoms with Gasteiger partial charge in [0.25, 0.3) is 0 Å². The van der Waals surface area contributed by atoms with Gasteiger partial charge in [0.05, 0.1) is 0 Å². The average Bonchev–Trinajstić information content (AvgIpc) is 3.00. The fourth-order valence-corrected chi connectivity index (χ4v) is 3.41. The number of imidazole rings is 1. The van der Waals surface area contributed by atoms with Crippen LogP contribution in [0.2, 0.25) is 5.82 Å². The van der Waals surface area contributed by atoms with Crippen molar-refractivity contribution >= 4 is 36.7 Å². The van der Waals surface area contributed by atoms with Gasteiger partial charge >= 0.3 is 120 Å². The minimum atomic E-state index is -0.698. The van der Waals surface area contributed by atoms with Gasteiger partial charge in [0.2, 0.25) is 0 Å². The van der Waals surface area contributed by atoms with Gasteiger partial charge in [-0.05, 0) is 0 Å². The number of aromatic nitrogens is 4. The Labute approximate surface area is 121 Å². The van der Waals surface area contributed by atoms with Gasteiger partial charge in [-0.25, -0.2) is 0 Å². The first-order valence-electron chi connectivity index (χ1n) is 6.12. The molecule has 3 heterocycles. The molecule has 0 radical (unpaired) electrons. The second kappa shape index (κ2) is 5.27. The molecule has 0 saturated carbocycles. The molecule has 0 amide bonds. The third-order valence-corrected chi connectivity index (χ3v) is 4.70. The van der Waals surface area contributed by atoms with Gasteiger partial charge in [-0.3, -0.25) is 0 Å². The first-order chi connectivity index (χ1) is 9.63. The van der Waals surface area contributed by atoms with Gasteiger partial charge in [-0.15, -0.1) is 0 Å². The number of nitrogen functional groups attached to an aromatic ring is 1. The van der Waals surface area contributed by atoms with Crippen LogP contribution in [-0.2, 0) is 4.74 Å². The fourth-order valence-electron chi connectivity index (χ4n) is 2.31. The number of hydrogen-bond acceptors (Lipinski definition) is 7. The number of hydrogen-bond donors (Lipinski definition) is 3. The Balaban J connectivity index is 2.03. The monoisotopic (exact) mass is 345 g/mol. The van der Waals surface area contributed by atoms with Crippen LogP contribution in [0, 0.1) is 0 Å². The number of nitrogens with two attached hydrogens (primary N) is 1. The van der Waals surface area contributed by atoms with Crippen LogP contribution in [0.3, 0.4) is 0 Å². The first kappa shape index (κ1) is 13.7. The molecular formula is C11H15N5O3Se. The minimum absolute atomic E-state index is 0.151. The summed E-state index contributed by atoms with van der Waals surface area (Å²) in [5.74, 6) is 2.24. The molecule has 3 rings (SSSR count). The normalized spacial score (nSPS) is 26.4. The Morgan fingerprint density at radius 3 is 3.00 bits per heavy atom. The van der Waals surface area contributed by atoms with E-state index in [2.05, 4.69) is 15.0 Å². The van der Waals surface area contributed by atoms with Crippen molar-refractivity contribution in [2.45, 2.75) is 30.7 Å². The zero-order valence-corrected chi connectivity index (χ0v) is 12.5. The topological polar surface area (TPSA) is 119 Å². The molecule has 1 aliphatic rings. The number of aliphatic hydroxyl groups excluding tert-OH is 2. The molecule has 1 saturated heterocycles. The molecule has 20 heavy (non-hydrogen) atoms. The van der Waals surface area contributed by atoms with Crippen LogP contribution < -0.4 is 10.3 Å². The second-order valence-electron chi connectivity index (χ2n) is 4.53. The Kier molecular flexibility index (Phi) is 3.61. The SMILES string of the molecule is C[Se]c1nc(N)nc2c1ncn2[C@H]1C[C@H](O)[C@@H](CO)O1. The molecule has 2 aromatic rings. The summed E-state index contributed by atoms with van der Waals surface area (Å²) in [6.07, 6.45) is 0.319. The number of fused-ring (bicyclic) bond motifs is 1. The molecule has 0 bridgehead atoms. The van der Waals surface area contributed by atoms with Gasteiger partial charge in [-0.1, -0.05) is 0 Å². The van der Waals surface area contributed by atoms with Crippen molar-refractivity contribution in [2.24, 2.45) is 0 Å². The van der Waals surface area contributed by atoms with Gasteiger partial charge in [0.1, 0.15) is 0 Å². The van der Waals surface area contributed by atoms with Gasteiger partial charge < -0.3 is 0 Å². The molecule has 8 nitrogen and oxygen atoms in total. The molecule has 108 valence electrons. The molecule has 1 fully saturated rings. The molecule has 3 atom stereocenters. The molecule has 9 heteroatoms. The molecule has 0 aromatic carbocycles. The maximum atomic E-state index is 9.81. The van der Waals surface area contributed by atoms with Crippen molar-refractivity contribution in [3.8, 4) is 0 Å². The summed E-state index contributed by atoms with van der Waals surface area (Å²) >= 11 is 0.151. The van der Waals surface area contributed by atoms with E-state index in [1.807, 2.05) is 5.82 Å². The predicted molar refractivity (Wildman–Crippen MR) is 72.6 cm³/mol. The van der Waals surface area contributed by atoms with Crippen LogP contribution in [0.15, 0.2) is 6.33 Å². The van der Waals surface area contributed by atoms with E-state index in [-0.39, 0.29) is 27.5 Å². The molecule has 0 aliphatic carbocycles. The summed E-state index contributed by atoms with van der Waals surface area (Å²) in [5.41, 5.74) is 7.04. The van der Waals surface area contributed by atoms with Gasteiger partial charge in [-0.2, -0.15) is 0 Å². The van der Waals surface area contributed by atoms with E-state index < -0.39 is 18.4 Å². The van der Waals surface area contributed by atoms with Crippen molar-refractivity contribution in [1.82, 2.24) is 19.5 Å². The number of anilines is 1. The third kappa shape index (κ3) is 2.17. The molecule has 0 unspecified atom stereocenters. The van der Waals surface area contributed by atoms with Crippen molar-refractivity contribution in [3.05, 3.63) is 6.33 Å². The molecule has 0 spiro atoms. The summed E-state index contributed by atoms with van der Waals surface area (Å²) in [7, 11) is 0. The van der Waals surface area contributed by atoms with E-state index in [0.717, 1.165) is 4.59 Å². The van der Waals surface area contributed by atoms with Crippen molar-refractivity contribution < 1.29 is 14.9 Å². The Bertz CT molecular complexity index is 634. The Hall–Kier alpha value is -1.25. The summed E-state index contributed by atoms with van der Waals surface area (Å²) < 4.78 is 8.20. The zero-order chi connectivity index (χ0) is 14.3. The third-order valence-electron chi connectivity index (χ3n) is 3.29. The summed E-state index contributed by atoms with van der Waals surface area (Å²) in [6.45, 7) is -0.218. The number of rotatable bonds is 3. The van der Waals surface area contributed by atoms with Crippen LogP contribution in [0.4, 0.5) is 5.95 Å². The number of nitrogens with zero attached hydrogens (tertiary/aromatic N) is 4. The van der Waals surface area contributed by atoms with E-state index >= 15 is 0 Å². The predicted octanol–water partition coefficient (Wildman–Crippen LogP) is -1.57. The molecule has 4 N–H and O–H groups in total. The summed E-state index contributed by atoms with van der Waals surface area (Å²) in [4.78, 5) is 12.7. The van der Waals surface area contributed by atoms with E-state index in [1.165, 1.54) is 0 Å². The van der Waals surface area contributed by atoms with Crippen LogP contribution in [0.25, 0.3) is 11.2 Å². The van der Waals surface area contributed by atoms with E-state index in [0.29, 0.717) is 17.6 Å². The summed E-state index contributed by atoms with van der Waals surface area (Å²) in [5, 5.41) is 19.0. The molecule has 1 aliphatic heterocycles. The second-order valence-corrected chi connectivity index (χ2v) is 6.20. The number of aliphatic hydroxyl groups is 2. The van der Waals surface area contributed by atoms with E-state index in [1.54, 1.807) is 10.9 Å². The molecule has 2 aromatic heterocycles. The zero-order valence-electron chi connectivity index (χ0n) is 10.8. The van der Waals surface area contributed by atoms with E-state index in [4.69, 9.17) is 15.6 Å². The van der Waals surface area contributed by atoms with Crippen LogP contribution >= 0.6 is 0 Å². The summed E-state index contributed by atoms with van der Waals surface area (Å²) in [6, 6.07) is 0. The number of ether oxygens (including phenoxy) is 1. The van der Waals surface area contributed by atoms with Crippen molar-refractivity contribution in [3.63, 3.8) is 0 Å². The standard InChI is InChI=1S/C11H15N5O3Se/c1-20-10-8-9(14-11(12)15-10)16(4-13-8)7-2-5(18)6(3-17)19-7/h4-7,17-18H,2-3H2,1H3,(H2,12,14,15)/t5-,6+,7+/m0/s1. The Morgan fingerprint density at radius 2 is 2.35 bits per heavy atom. The van der Waals surface area contributed by atoms with Crippen LogP contribution in [-0.4, -0.2) is 63.5 Å². The van der Waals surface area contributed by atoms with Gasteiger partial charge in [0.15, 0.2) is 0 Å². The van der Waals surface area contributed by atoms with Gasteiger partial charge in [0, 0.05) is 0 Å². The van der Waals surface area contributed by atoms with Crippen molar-refractivity contribution in [2.75, 3.05) is 12.3 Å². The average molecular weight is 344 g/mol. The maximum absolute atomic E-state index is 9.81. The molecular weight excluding hydrogens is 329 g/mol.